The predicted octanol–water partition coefficient (Wildman–Crippen LogP) is 3.50. The minimum absolute atomic E-state index is 0.184. The van der Waals surface area contributed by atoms with Crippen molar-refractivity contribution >= 4 is 0 Å². The summed E-state index contributed by atoms with van der Waals surface area (Å²) in [5.41, 5.74) is 9.27. The number of rotatable bonds is 6. The average Bonchev–Trinajstić information content (AvgIpc) is 2.51. The Morgan fingerprint density at radius 2 is 1.81 bits per heavy atom. The molecule has 0 aliphatic carbocycles. The van der Waals surface area contributed by atoms with E-state index in [4.69, 9.17) is 10.5 Å². The molecule has 0 saturated carbocycles. The molecule has 1 unspecified atom stereocenters. The quantitative estimate of drug-likeness (QED) is 0.882. The Labute approximate surface area is 125 Å². The van der Waals surface area contributed by atoms with Gasteiger partial charge in [-0.25, -0.2) is 4.39 Å². The summed E-state index contributed by atoms with van der Waals surface area (Å²) in [6, 6.07) is 13.0. The largest absolute Gasteiger partial charge is 0.497 e. The summed E-state index contributed by atoms with van der Waals surface area (Å²) in [5.74, 6) is 0.971. The monoisotopic (exact) mass is 287 g/mol. The molecule has 2 nitrogen and oxygen atoms in total. The van der Waals surface area contributed by atoms with E-state index in [1.54, 1.807) is 13.2 Å². The van der Waals surface area contributed by atoms with Crippen molar-refractivity contribution in [1.29, 1.82) is 0 Å². The second-order valence-corrected chi connectivity index (χ2v) is 5.43. The summed E-state index contributed by atoms with van der Waals surface area (Å²) in [6.07, 6.45) is 1.68. The molecule has 2 aromatic carbocycles. The number of halogens is 1. The maximum absolute atomic E-state index is 13.4. The lowest BCUT2D eigenvalue weighted by atomic mass is 9.91. The Morgan fingerprint density at radius 3 is 2.43 bits per heavy atom. The minimum atomic E-state index is -0.184. The molecule has 2 rings (SSSR count). The van der Waals surface area contributed by atoms with Crippen molar-refractivity contribution in [3.05, 3.63) is 65.0 Å². The molecule has 0 aliphatic heterocycles. The fraction of sp³-hybridized carbons (Fsp3) is 0.333. The molecule has 2 aromatic rings. The standard InChI is InChI=1S/C18H22FNO/c1-13-3-6-17(19)11-16(13)10-15(12-20)9-14-4-7-18(21-2)8-5-14/h3-8,11,15H,9-10,12,20H2,1-2H3. The summed E-state index contributed by atoms with van der Waals surface area (Å²) < 4.78 is 18.5. The normalized spacial score (nSPS) is 12.2. The zero-order valence-electron chi connectivity index (χ0n) is 12.6. The molecule has 0 bridgehead atoms. The first-order valence-electron chi connectivity index (χ1n) is 7.20. The van der Waals surface area contributed by atoms with Gasteiger partial charge in [-0.1, -0.05) is 18.2 Å². The molecule has 0 aromatic heterocycles. The SMILES string of the molecule is COc1ccc(CC(CN)Cc2cc(F)ccc2C)cc1. The summed E-state index contributed by atoms with van der Waals surface area (Å²) in [4.78, 5) is 0. The molecule has 2 N–H and O–H groups in total. The first-order valence-corrected chi connectivity index (χ1v) is 7.20. The third-order valence-corrected chi connectivity index (χ3v) is 3.84. The van der Waals surface area contributed by atoms with E-state index >= 15 is 0 Å². The minimum Gasteiger partial charge on any atom is -0.497 e. The van der Waals surface area contributed by atoms with Gasteiger partial charge in [0.05, 0.1) is 7.11 Å². The molecule has 0 radical (unpaired) electrons. The third kappa shape index (κ3) is 4.30. The van der Waals surface area contributed by atoms with Crippen LogP contribution in [0.25, 0.3) is 0 Å². The molecule has 21 heavy (non-hydrogen) atoms. The van der Waals surface area contributed by atoms with Crippen LogP contribution < -0.4 is 10.5 Å². The highest BCUT2D eigenvalue weighted by Crippen LogP contribution is 2.19. The lowest BCUT2D eigenvalue weighted by molar-refractivity contribution is 0.414. The Balaban J connectivity index is 2.07. The van der Waals surface area contributed by atoms with Gasteiger partial charge in [-0.05, 0) is 73.2 Å². The van der Waals surface area contributed by atoms with Gasteiger partial charge in [0.1, 0.15) is 11.6 Å². The summed E-state index contributed by atoms with van der Waals surface area (Å²) in [5, 5.41) is 0. The first kappa shape index (κ1) is 15.5. The van der Waals surface area contributed by atoms with E-state index in [1.165, 1.54) is 11.6 Å². The third-order valence-electron chi connectivity index (χ3n) is 3.84. The van der Waals surface area contributed by atoms with Gasteiger partial charge in [0, 0.05) is 0 Å². The van der Waals surface area contributed by atoms with Crippen molar-refractivity contribution in [1.82, 2.24) is 0 Å². The summed E-state index contributed by atoms with van der Waals surface area (Å²) in [6.45, 7) is 2.59. The van der Waals surface area contributed by atoms with Crippen molar-refractivity contribution in [2.75, 3.05) is 13.7 Å². The topological polar surface area (TPSA) is 35.2 Å². The van der Waals surface area contributed by atoms with Crippen LogP contribution in [0.15, 0.2) is 42.5 Å². The fourth-order valence-corrected chi connectivity index (χ4v) is 2.50. The number of nitrogens with two attached hydrogens (primary N) is 1. The summed E-state index contributed by atoms with van der Waals surface area (Å²) >= 11 is 0. The molecule has 0 heterocycles. The van der Waals surface area contributed by atoms with Crippen LogP contribution in [0, 0.1) is 18.7 Å². The van der Waals surface area contributed by atoms with Gasteiger partial charge in [0.25, 0.3) is 0 Å². The van der Waals surface area contributed by atoms with Crippen molar-refractivity contribution in [3.63, 3.8) is 0 Å². The van der Waals surface area contributed by atoms with E-state index in [-0.39, 0.29) is 5.82 Å². The number of hydrogen-bond donors (Lipinski definition) is 1. The van der Waals surface area contributed by atoms with Crippen molar-refractivity contribution in [2.24, 2.45) is 11.7 Å². The van der Waals surface area contributed by atoms with Gasteiger partial charge in [0.2, 0.25) is 0 Å². The lowest BCUT2D eigenvalue weighted by Crippen LogP contribution is -2.20. The number of benzene rings is 2. The van der Waals surface area contributed by atoms with Crippen LogP contribution in [0.3, 0.4) is 0 Å². The summed E-state index contributed by atoms with van der Waals surface area (Å²) in [7, 11) is 1.66. The van der Waals surface area contributed by atoms with Gasteiger partial charge in [-0.3, -0.25) is 0 Å². The molecule has 0 fully saturated rings. The average molecular weight is 287 g/mol. The van der Waals surface area contributed by atoms with Gasteiger partial charge in [-0.15, -0.1) is 0 Å². The second kappa shape index (κ2) is 7.23. The smallest absolute Gasteiger partial charge is 0.123 e. The van der Waals surface area contributed by atoms with Gasteiger partial charge in [-0.2, -0.15) is 0 Å². The van der Waals surface area contributed by atoms with Crippen LogP contribution in [-0.2, 0) is 12.8 Å². The molecule has 0 spiro atoms. The molecule has 0 saturated heterocycles. The first-order chi connectivity index (χ1) is 10.1. The van der Waals surface area contributed by atoms with Crippen molar-refractivity contribution in [3.8, 4) is 5.75 Å². The second-order valence-electron chi connectivity index (χ2n) is 5.43. The molecular weight excluding hydrogens is 265 g/mol. The Hall–Kier alpha value is -1.87. The van der Waals surface area contributed by atoms with Crippen molar-refractivity contribution < 1.29 is 9.13 Å². The van der Waals surface area contributed by atoms with E-state index in [0.717, 1.165) is 29.7 Å². The van der Waals surface area contributed by atoms with Gasteiger partial charge in [0.15, 0.2) is 0 Å². The Bertz CT molecular complexity index is 580. The number of hydrogen-bond acceptors (Lipinski definition) is 2. The van der Waals surface area contributed by atoms with E-state index in [9.17, 15) is 4.39 Å². The number of aryl methyl sites for hydroxylation is 1. The Morgan fingerprint density at radius 1 is 1.10 bits per heavy atom. The van der Waals surface area contributed by atoms with Gasteiger partial charge >= 0.3 is 0 Å². The maximum atomic E-state index is 13.4. The van der Waals surface area contributed by atoms with Gasteiger partial charge < -0.3 is 10.5 Å². The maximum Gasteiger partial charge on any atom is 0.123 e. The highest BCUT2D eigenvalue weighted by atomic mass is 19.1. The number of methoxy groups -OCH3 is 1. The van der Waals surface area contributed by atoms with Crippen LogP contribution in [0.5, 0.6) is 5.75 Å². The Kier molecular flexibility index (Phi) is 5.34. The highest BCUT2D eigenvalue weighted by molar-refractivity contribution is 5.29. The van der Waals surface area contributed by atoms with Crippen LogP contribution in [0.1, 0.15) is 16.7 Å². The van der Waals surface area contributed by atoms with E-state index in [0.29, 0.717) is 12.5 Å². The van der Waals surface area contributed by atoms with Crippen LogP contribution >= 0.6 is 0 Å². The molecule has 112 valence electrons. The molecule has 1 atom stereocenters. The van der Waals surface area contributed by atoms with E-state index < -0.39 is 0 Å². The number of ether oxygens (including phenoxy) is 1. The van der Waals surface area contributed by atoms with Crippen LogP contribution in [0.4, 0.5) is 4.39 Å². The predicted molar refractivity (Wildman–Crippen MR) is 84.1 cm³/mol. The molecular formula is C18H22FNO. The lowest BCUT2D eigenvalue weighted by Gasteiger charge is -2.16. The van der Waals surface area contributed by atoms with Crippen LogP contribution in [-0.4, -0.2) is 13.7 Å². The molecule has 3 heteroatoms. The zero-order valence-corrected chi connectivity index (χ0v) is 12.6. The fourth-order valence-electron chi connectivity index (χ4n) is 2.50. The van der Waals surface area contributed by atoms with E-state index in [1.807, 2.05) is 25.1 Å². The zero-order chi connectivity index (χ0) is 15.2. The van der Waals surface area contributed by atoms with Crippen LogP contribution in [0.2, 0.25) is 0 Å². The highest BCUT2D eigenvalue weighted by Gasteiger charge is 2.11. The molecule has 0 amide bonds. The molecule has 0 aliphatic rings. The van der Waals surface area contributed by atoms with Crippen molar-refractivity contribution in [2.45, 2.75) is 19.8 Å². The van der Waals surface area contributed by atoms with E-state index in [2.05, 4.69) is 12.1 Å².